The van der Waals surface area contributed by atoms with E-state index in [0.717, 1.165) is 25.2 Å². The lowest BCUT2D eigenvalue weighted by molar-refractivity contribution is 0.0821. The van der Waals surface area contributed by atoms with Gasteiger partial charge in [-0.2, -0.15) is 0 Å². The summed E-state index contributed by atoms with van der Waals surface area (Å²) in [6.45, 7) is 3.15. The Kier molecular flexibility index (Phi) is 4.03. The molecule has 120 valence electrons. The first-order chi connectivity index (χ1) is 11.0. The molecule has 0 saturated carbocycles. The molecule has 1 amide bonds. The van der Waals surface area contributed by atoms with Crippen molar-refractivity contribution in [2.24, 2.45) is 0 Å². The van der Waals surface area contributed by atoms with Crippen LogP contribution in [0.3, 0.4) is 0 Å². The second-order valence-electron chi connectivity index (χ2n) is 6.36. The Labute approximate surface area is 137 Å². The number of aromatic nitrogens is 2. The molecule has 2 aromatic rings. The number of hydrogen-bond donors (Lipinski definition) is 0. The van der Waals surface area contributed by atoms with Gasteiger partial charge in [-0.1, -0.05) is 30.3 Å². The molecule has 0 spiro atoms. The Morgan fingerprint density at radius 1 is 1.22 bits per heavy atom. The molecular formula is C18H22N4O. The van der Waals surface area contributed by atoms with E-state index in [1.165, 1.54) is 16.7 Å². The first kappa shape index (κ1) is 15.5. The van der Waals surface area contributed by atoms with Gasteiger partial charge >= 0.3 is 0 Å². The van der Waals surface area contributed by atoms with Crippen LogP contribution in [0, 0.1) is 0 Å². The Hall–Kier alpha value is -2.43. The molecule has 3 rings (SSSR count). The van der Waals surface area contributed by atoms with Crippen molar-refractivity contribution in [2.75, 3.05) is 25.5 Å². The van der Waals surface area contributed by atoms with E-state index in [1.54, 1.807) is 20.3 Å². The second-order valence-corrected chi connectivity index (χ2v) is 6.36. The number of anilines is 1. The molecule has 0 bridgehead atoms. The summed E-state index contributed by atoms with van der Waals surface area (Å²) in [6.07, 6.45) is 5.43. The van der Waals surface area contributed by atoms with Crippen LogP contribution in [-0.2, 0) is 5.54 Å². The number of nitrogens with zero attached hydrogens (tertiary/aromatic N) is 4. The minimum atomic E-state index is -0.125. The van der Waals surface area contributed by atoms with Gasteiger partial charge in [-0.25, -0.2) is 4.98 Å². The van der Waals surface area contributed by atoms with Gasteiger partial charge in [-0.05, 0) is 25.3 Å². The van der Waals surface area contributed by atoms with Crippen molar-refractivity contribution in [1.82, 2.24) is 14.9 Å². The Bertz CT molecular complexity index is 701. The van der Waals surface area contributed by atoms with Crippen LogP contribution in [0.4, 0.5) is 5.82 Å². The summed E-state index contributed by atoms with van der Waals surface area (Å²) in [5.41, 5.74) is 1.54. The smallest absolute Gasteiger partial charge is 0.273 e. The molecule has 1 atom stereocenters. The molecule has 1 unspecified atom stereocenters. The maximum absolute atomic E-state index is 12.1. The van der Waals surface area contributed by atoms with Crippen molar-refractivity contribution in [3.05, 3.63) is 54.0 Å². The summed E-state index contributed by atoms with van der Waals surface area (Å²) in [5.74, 6) is 0.640. The normalized spacial score (nSPS) is 20.6. The zero-order valence-electron chi connectivity index (χ0n) is 13.9. The van der Waals surface area contributed by atoms with Crippen LogP contribution in [0.25, 0.3) is 0 Å². The summed E-state index contributed by atoms with van der Waals surface area (Å²) in [5, 5.41) is 0. The molecule has 1 fully saturated rings. The molecule has 1 aromatic heterocycles. The van der Waals surface area contributed by atoms with E-state index in [4.69, 9.17) is 0 Å². The van der Waals surface area contributed by atoms with Gasteiger partial charge < -0.3 is 9.80 Å². The highest BCUT2D eigenvalue weighted by molar-refractivity contribution is 5.92. The minimum absolute atomic E-state index is 0.115. The van der Waals surface area contributed by atoms with Crippen LogP contribution >= 0.6 is 0 Å². The molecule has 1 aromatic carbocycles. The highest BCUT2D eigenvalue weighted by Crippen LogP contribution is 2.40. The molecule has 0 radical (unpaired) electrons. The van der Waals surface area contributed by atoms with E-state index in [-0.39, 0.29) is 11.4 Å². The van der Waals surface area contributed by atoms with E-state index in [2.05, 4.69) is 46.1 Å². The maximum atomic E-state index is 12.1. The van der Waals surface area contributed by atoms with E-state index in [0.29, 0.717) is 5.69 Å². The quantitative estimate of drug-likeness (QED) is 0.874. The molecule has 5 nitrogen and oxygen atoms in total. The minimum Gasteiger partial charge on any atom is -0.346 e. The van der Waals surface area contributed by atoms with E-state index < -0.39 is 0 Å². The van der Waals surface area contributed by atoms with Crippen molar-refractivity contribution in [3.63, 3.8) is 0 Å². The largest absolute Gasteiger partial charge is 0.346 e. The van der Waals surface area contributed by atoms with Crippen molar-refractivity contribution < 1.29 is 4.79 Å². The zero-order chi connectivity index (χ0) is 16.4. The van der Waals surface area contributed by atoms with Crippen LogP contribution in [-0.4, -0.2) is 41.4 Å². The van der Waals surface area contributed by atoms with Crippen LogP contribution in [0.2, 0.25) is 0 Å². The van der Waals surface area contributed by atoms with Crippen molar-refractivity contribution in [3.8, 4) is 0 Å². The summed E-state index contributed by atoms with van der Waals surface area (Å²) in [7, 11) is 3.45. The third-order valence-electron chi connectivity index (χ3n) is 4.56. The third kappa shape index (κ3) is 2.79. The molecule has 5 heteroatoms. The van der Waals surface area contributed by atoms with Crippen LogP contribution < -0.4 is 4.90 Å². The van der Waals surface area contributed by atoms with Crippen LogP contribution in [0.1, 0.15) is 35.8 Å². The number of benzene rings is 1. The standard InChI is InChI=1S/C18H22N4O/c1-18(14-8-5-4-6-9-14)10-7-11-22(18)16-13-19-12-15(20-16)17(23)21(2)3/h4-6,8-9,12-13H,7,10-11H2,1-3H3. The highest BCUT2D eigenvalue weighted by Gasteiger charge is 2.39. The maximum Gasteiger partial charge on any atom is 0.273 e. The van der Waals surface area contributed by atoms with Gasteiger partial charge in [-0.15, -0.1) is 0 Å². The lowest BCUT2D eigenvalue weighted by atomic mass is 9.89. The van der Waals surface area contributed by atoms with E-state index in [1.807, 2.05) is 6.07 Å². The fourth-order valence-corrected chi connectivity index (χ4v) is 3.25. The Morgan fingerprint density at radius 2 is 1.96 bits per heavy atom. The van der Waals surface area contributed by atoms with Crippen LogP contribution in [0.15, 0.2) is 42.7 Å². The summed E-state index contributed by atoms with van der Waals surface area (Å²) in [6, 6.07) is 10.5. The topological polar surface area (TPSA) is 49.3 Å². The van der Waals surface area contributed by atoms with Gasteiger partial charge in [-0.3, -0.25) is 9.78 Å². The SMILES string of the molecule is CN(C)C(=O)c1cncc(N2CCCC2(C)c2ccccc2)n1. The van der Waals surface area contributed by atoms with Gasteiger partial charge in [0.15, 0.2) is 0 Å². The molecule has 0 N–H and O–H groups in total. The molecule has 2 heterocycles. The molecule has 1 aliphatic heterocycles. The highest BCUT2D eigenvalue weighted by atomic mass is 16.2. The summed E-state index contributed by atoms with van der Waals surface area (Å²) < 4.78 is 0. The van der Waals surface area contributed by atoms with Gasteiger partial charge in [0.1, 0.15) is 11.5 Å². The predicted octanol–water partition coefficient (Wildman–Crippen LogP) is 2.69. The Balaban J connectivity index is 1.98. The average Bonchev–Trinajstić information content (AvgIpc) is 2.98. The van der Waals surface area contributed by atoms with Gasteiger partial charge in [0.05, 0.1) is 17.9 Å². The second kappa shape index (κ2) is 5.99. The number of carbonyl (C=O) groups excluding carboxylic acids is 1. The fraction of sp³-hybridized carbons (Fsp3) is 0.389. The lowest BCUT2D eigenvalue weighted by Gasteiger charge is -2.36. The summed E-state index contributed by atoms with van der Waals surface area (Å²) >= 11 is 0. The first-order valence-corrected chi connectivity index (χ1v) is 7.89. The van der Waals surface area contributed by atoms with Crippen LogP contribution in [0.5, 0.6) is 0 Å². The number of amides is 1. The molecule has 1 aliphatic rings. The van der Waals surface area contributed by atoms with Crippen molar-refractivity contribution in [2.45, 2.75) is 25.3 Å². The lowest BCUT2D eigenvalue weighted by Crippen LogP contribution is -2.39. The predicted molar refractivity (Wildman–Crippen MR) is 90.4 cm³/mol. The first-order valence-electron chi connectivity index (χ1n) is 7.89. The molecule has 1 saturated heterocycles. The van der Waals surface area contributed by atoms with Gasteiger partial charge in [0.25, 0.3) is 5.91 Å². The van der Waals surface area contributed by atoms with Crippen molar-refractivity contribution in [1.29, 1.82) is 0 Å². The number of hydrogen-bond acceptors (Lipinski definition) is 4. The molecule has 23 heavy (non-hydrogen) atoms. The third-order valence-corrected chi connectivity index (χ3v) is 4.56. The number of carbonyl (C=O) groups is 1. The average molecular weight is 310 g/mol. The van der Waals surface area contributed by atoms with E-state index in [9.17, 15) is 4.79 Å². The van der Waals surface area contributed by atoms with Crippen molar-refractivity contribution >= 4 is 11.7 Å². The van der Waals surface area contributed by atoms with Gasteiger partial charge in [0.2, 0.25) is 0 Å². The fourth-order valence-electron chi connectivity index (χ4n) is 3.25. The monoisotopic (exact) mass is 310 g/mol. The van der Waals surface area contributed by atoms with E-state index >= 15 is 0 Å². The molecule has 0 aliphatic carbocycles. The summed E-state index contributed by atoms with van der Waals surface area (Å²) in [4.78, 5) is 24.7. The Morgan fingerprint density at radius 3 is 2.65 bits per heavy atom. The van der Waals surface area contributed by atoms with Gasteiger partial charge in [0, 0.05) is 20.6 Å². The number of rotatable bonds is 3. The molecular weight excluding hydrogens is 288 g/mol. The zero-order valence-corrected chi connectivity index (χ0v) is 13.9.